The molecule has 0 N–H and O–H groups in total. The molecule has 0 radical (unpaired) electrons. The van der Waals surface area contributed by atoms with Gasteiger partial charge in [0, 0.05) is 16.5 Å². The molecule has 1 unspecified atom stereocenters. The van der Waals surface area contributed by atoms with Crippen molar-refractivity contribution in [3.05, 3.63) is 28.9 Å². The summed E-state index contributed by atoms with van der Waals surface area (Å²) in [5.41, 5.74) is 1.14. The Bertz CT molecular complexity index is 488. The molecule has 15 heavy (non-hydrogen) atoms. The second-order valence-corrected chi connectivity index (χ2v) is 4.68. The fourth-order valence-corrected chi connectivity index (χ4v) is 2.39. The molecule has 1 fully saturated rings. The van der Waals surface area contributed by atoms with Gasteiger partial charge in [0.05, 0.1) is 11.7 Å². The molecular weight excluding hydrogens is 256 g/mol. The van der Waals surface area contributed by atoms with E-state index in [1.54, 1.807) is 0 Å². The molecule has 1 saturated heterocycles. The van der Waals surface area contributed by atoms with Crippen LogP contribution in [-0.4, -0.2) is 16.4 Å². The Balaban J connectivity index is 2.11. The lowest BCUT2D eigenvalue weighted by molar-refractivity contribution is 0.0503. The van der Waals surface area contributed by atoms with Crippen LogP contribution in [0.3, 0.4) is 0 Å². The van der Waals surface area contributed by atoms with Crippen molar-refractivity contribution in [3.63, 3.8) is 0 Å². The molecular formula is C11H11BrN2O. The van der Waals surface area contributed by atoms with Crippen LogP contribution < -0.4 is 0 Å². The highest BCUT2D eigenvalue weighted by atomic mass is 79.9. The number of hydrogen-bond donors (Lipinski definition) is 0. The summed E-state index contributed by atoms with van der Waals surface area (Å²) in [6.07, 6.45) is 4.21. The van der Waals surface area contributed by atoms with Crippen molar-refractivity contribution in [1.82, 2.24) is 9.78 Å². The molecule has 0 bridgehead atoms. The highest BCUT2D eigenvalue weighted by Gasteiger charge is 2.19. The smallest absolute Gasteiger partial charge is 0.150 e. The molecule has 1 aromatic carbocycles. The first kappa shape index (κ1) is 9.36. The van der Waals surface area contributed by atoms with Crippen LogP contribution in [-0.2, 0) is 4.74 Å². The maximum Gasteiger partial charge on any atom is 0.150 e. The van der Waals surface area contributed by atoms with Crippen molar-refractivity contribution < 1.29 is 4.74 Å². The van der Waals surface area contributed by atoms with Crippen molar-refractivity contribution in [2.75, 3.05) is 6.61 Å². The molecule has 2 heterocycles. The Kier molecular flexibility index (Phi) is 2.25. The predicted octanol–water partition coefficient (Wildman–Crippen LogP) is 3.11. The number of halogens is 1. The molecule has 4 heteroatoms. The number of rotatable bonds is 1. The molecule has 1 aliphatic heterocycles. The number of nitrogens with zero attached hydrogens (tertiary/aromatic N) is 2. The Morgan fingerprint density at radius 3 is 3.20 bits per heavy atom. The van der Waals surface area contributed by atoms with Gasteiger partial charge in [0.1, 0.15) is 0 Å². The van der Waals surface area contributed by atoms with Crippen LogP contribution in [0.4, 0.5) is 0 Å². The molecule has 1 aliphatic rings. The van der Waals surface area contributed by atoms with Gasteiger partial charge in [-0.25, -0.2) is 4.68 Å². The van der Waals surface area contributed by atoms with Gasteiger partial charge in [-0.1, -0.05) is 15.9 Å². The van der Waals surface area contributed by atoms with Crippen LogP contribution in [0.15, 0.2) is 28.9 Å². The SMILES string of the molecule is Brc1ccc2c(cnn2C2CCCO2)c1. The van der Waals surface area contributed by atoms with Crippen molar-refractivity contribution in [2.24, 2.45) is 0 Å². The summed E-state index contributed by atoms with van der Waals surface area (Å²) in [5, 5.41) is 5.54. The standard InChI is InChI=1S/C11H11BrN2O/c12-9-3-4-10-8(6-9)7-13-14(10)11-2-1-5-15-11/h3-4,6-7,11H,1-2,5H2. The molecule has 1 atom stereocenters. The maximum atomic E-state index is 5.62. The van der Waals surface area contributed by atoms with E-state index < -0.39 is 0 Å². The predicted molar refractivity (Wildman–Crippen MR) is 61.7 cm³/mol. The zero-order chi connectivity index (χ0) is 10.3. The van der Waals surface area contributed by atoms with Gasteiger partial charge in [0.25, 0.3) is 0 Å². The van der Waals surface area contributed by atoms with E-state index in [2.05, 4.69) is 33.2 Å². The van der Waals surface area contributed by atoms with E-state index in [1.807, 2.05) is 16.9 Å². The number of aromatic nitrogens is 2. The average Bonchev–Trinajstić information content (AvgIpc) is 2.82. The van der Waals surface area contributed by atoms with Gasteiger partial charge in [0.15, 0.2) is 6.23 Å². The lowest BCUT2D eigenvalue weighted by Gasteiger charge is -2.10. The summed E-state index contributed by atoms with van der Waals surface area (Å²) < 4.78 is 8.69. The topological polar surface area (TPSA) is 27.1 Å². The first-order chi connectivity index (χ1) is 7.34. The molecule has 0 saturated carbocycles. The van der Waals surface area contributed by atoms with Crippen LogP contribution in [0.1, 0.15) is 19.1 Å². The molecule has 0 spiro atoms. The quantitative estimate of drug-likeness (QED) is 0.793. The number of benzene rings is 1. The van der Waals surface area contributed by atoms with Gasteiger partial charge in [-0.05, 0) is 31.0 Å². The van der Waals surface area contributed by atoms with E-state index in [1.165, 1.54) is 0 Å². The Hall–Kier alpha value is -0.870. The Labute approximate surface area is 96.2 Å². The highest BCUT2D eigenvalue weighted by Crippen LogP contribution is 2.27. The molecule has 2 aromatic rings. The summed E-state index contributed by atoms with van der Waals surface area (Å²) in [5.74, 6) is 0. The van der Waals surface area contributed by atoms with E-state index in [0.717, 1.165) is 34.8 Å². The first-order valence-corrected chi connectivity index (χ1v) is 5.88. The minimum absolute atomic E-state index is 0.128. The average molecular weight is 267 g/mol. The minimum Gasteiger partial charge on any atom is -0.356 e. The van der Waals surface area contributed by atoms with E-state index in [-0.39, 0.29) is 6.23 Å². The fraction of sp³-hybridized carbons (Fsp3) is 0.364. The largest absolute Gasteiger partial charge is 0.356 e. The van der Waals surface area contributed by atoms with E-state index >= 15 is 0 Å². The zero-order valence-electron chi connectivity index (χ0n) is 8.19. The fourth-order valence-electron chi connectivity index (χ4n) is 2.01. The minimum atomic E-state index is 0.128. The summed E-state index contributed by atoms with van der Waals surface area (Å²) in [6.45, 7) is 0.850. The summed E-state index contributed by atoms with van der Waals surface area (Å²) in [4.78, 5) is 0. The van der Waals surface area contributed by atoms with Crippen LogP contribution in [0.2, 0.25) is 0 Å². The van der Waals surface area contributed by atoms with Crippen LogP contribution in [0, 0.1) is 0 Å². The summed E-state index contributed by atoms with van der Waals surface area (Å²) in [6, 6.07) is 6.19. The van der Waals surface area contributed by atoms with Crippen molar-refractivity contribution in [2.45, 2.75) is 19.1 Å². The lowest BCUT2D eigenvalue weighted by Crippen LogP contribution is -2.08. The van der Waals surface area contributed by atoms with Gasteiger partial charge < -0.3 is 4.74 Å². The maximum absolute atomic E-state index is 5.62. The van der Waals surface area contributed by atoms with Crippen molar-refractivity contribution in [3.8, 4) is 0 Å². The monoisotopic (exact) mass is 266 g/mol. The number of fused-ring (bicyclic) bond motifs is 1. The number of ether oxygens (including phenoxy) is 1. The van der Waals surface area contributed by atoms with Gasteiger partial charge in [-0.3, -0.25) is 0 Å². The molecule has 78 valence electrons. The summed E-state index contributed by atoms with van der Waals surface area (Å²) >= 11 is 3.46. The molecule has 1 aromatic heterocycles. The molecule has 0 aliphatic carbocycles. The highest BCUT2D eigenvalue weighted by molar-refractivity contribution is 9.10. The third-order valence-electron chi connectivity index (χ3n) is 2.74. The van der Waals surface area contributed by atoms with Crippen molar-refractivity contribution in [1.29, 1.82) is 0 Å². The Morgan fingerprint density at radius 1 is 1.47 bits per heavy atom. The molecule has 3 nitrogen and oxygen atoms in total. The molecule has 3 rings (SSSR count). The van der Waals surface area contributed by atoms with Crippen LogP contribution in [0.25, 0.3) is 10.9 Å². The van der Waals surface area contributed by atoms with Crippen LogP contribution in [0.5, 0.6) is 0 Å². The van der Waals surface area contributed by atoms with Crippen molar-refractivity contribution >= 4 is 26.8 Å². The van der Waals surface area contributed by atoms with E-state index in [9.17, 15) is 0 Å². The molecule has 0 amide bonds. The lowest BCUT2D eigenvalue weighted by atomic mass is 10.2. The van der Waals surface area contributed by atoms with E-state index in [4.69, 9.17) is 4.74 Å². The van der Waals surface area contributed by atoms with Crippen LogP contribution >= 0.6 is 15.9 Å². The Morgan fingerprint density at radius 2 is 2.40 bits per heavy atom. The normalized spacial score (nSPS) is 21.3. The first-order valence-electron chi connectivity index (χ1n) is 5.09. The third-order valence-corrected chi connectivity index (χ3v) is 3.23. The second-order valence-electron chi connectivity index (χ2n) is 3.76. The summed E-state index contributed by atoms with van der Waals surface area (Å²) in [7, 11) is 0. The number of hydrogen-bond acceptors (Lipinski definition) is 2. The van der Waals surface area contributed by atoms with Gasteiger partial charge in [-0.15, -0.1) is 0 Å². The van der Waals surface area contributed by atoms with E-state index in [0.29, 0.717) is 0 Å². The zero-order valence-corrected chi connectivity index (χ0v) is 9.77. The van der Waals surface area contributed by atoms with Gasteiger partial charge >= 0.3 is 0 Å². The second kappa shape index (κ2) is 3.61. The third kappa shape index (κ3) is 1.58. The van der Waals surface area contributed by atoms with Gasteiger partial charge in [-0.2, -0.15) is 5.10 Å². The van der Waals surface area contributed by atoms with Gasteiger partial charge in [0.2, 0.25) is 0 Å².